The average Bonchev–Trinajstić information content (AvgIpc) is 3.05. The third-order valence-electron chi connectivity index (χ3n) is 4.14. The molecule has 0 bridgehead atoms. The highest BCUT2D eigenvalue weighted by Gasteiger charge is 2.26. The Kier molecular flexibility index (Phi) is 3.86. The van der Waals surface area contributed by atoms with E-state index in [1.54, 1.807) is 28.4 Å². The van der Waals surface area contributed by atoms with Crippen molar-refractivity contribution in [2.75, 3.05) is 6.54 Å². The summed E-state index contributed by atoms with van der Waals surface area (Å²) in [6.45, 7) is 1.06. The number of carbonyl (C=O) groups is 1. The molecule has 3 nitrogen and oxygen atoms in total. The molecule has 0 saturated carbocycles. The van der Waals surface area contributed by atoms with Crippen molar-refractivity contribution >= 4 is 17.2 Å². The minimum Gasteiger partial charge on any atom is -0.333 e. The highest BCUT2D eigenvalue weighted by atomic mass is 32.1. The molecule has 5 heteroatoms. The zero-order chi connectivity index (χ0) is 16.5. The molecule has 1 aliphatic rings. The van der Waals surface area contributed by atoms with E-state index < -0.39 is 5.82 Å². The monoisotopic (exact) mass is 338 g/mol. The molecule has 0 aliphatic carbocycles. The van der Waals surface area contributed by atoms with Crippen molar-refractivity contribution in [3.05, 3.63) is 76.5 Å². The third kappa shape index (κ3) is 2.71. The number of halogens is 1. The molecule has 2 aromatic carbocycles. The number of nitrogens with zero attached hydrogens (tertiary/aromatic N) is 2. The first-order valence-corrected chi connectivity index (χ1v) is 8.62. The number of rotatable bonds is 2. The zero-order valence-corrected chi connectivity index (χ0v) is 13.7. The standard InChI is InChI=1S/C19H15FN2OS/c20-15-9-5-4-8-14(15)19(23)22-11-10-16-17(12-22)24-18(21-16)13-6-2-1-3-7-13/h1-9H,10-12H2. The third-order valence-corrected chi connectivity index (χ3v) is 5.27. The second kappa shape index (κ2) is 6.17. The quantitative estimate of drug-likeness (QED) is 0.703. The Morgan fingerprint density at radius 2 is 1.83 bits per heavy atom. The van der Waals surface area contributed by atoms with Crippen LogP contribution in [0, 0.1) is 5.82 Å². The molecular weight excluding hydrogens is 323 g/mol. The lowest BCUT2D eigenvalue weighted by atomic mass is 10.1. The van der Waals surface area contributed by atoms with Crippen molar-refractivity contribution in [3.8, 4) is 10.6 Å². The van der Waals surface area contributed by atoms with Gasteiger partial charge in [0, 0.05) is 23.4 Å². The highest BCUT2D eigenvalue weighted by molar-refractivity contribution is 7.15. The predicted octanol–water partition coefficient (Wildman–Crippen LogP) is 4.15. The Morgan fingerprint density at radius 1 is 1.08 bits per heavy atom. The fourth-order valence-electron chi connectivity index (χ4n) is 2.88. The molecule has 1 amide bonds. The van der Waals surface area contributed by atoms with Crippen LogP contribution in [0.4, 0.5) is 4.39 Å². The number of carbonyl (C=O) groups excluding carboxylic acids is 1. The van der Waals surface area contributed by atoms with Crippen molar-refractivity contribution < 1.29 is 9.18 Å². The molecule has 2 heterocycles. The summed E-state index contributed by atoms with van der Waals surface area (Å²) in [7, 11) is 0. The molecule has 0 unspecified atom stereocenters. The molecule has 4 rings (SSSR count). The first-order chi connectivity index (χ1) is 11.7. The van der Waals surface area contributed by atoms with E-state index in [9.17, 15) is 9.18 Å². The molecule has 0 spiro atoms. The number of fused-ring (bicyclic) bond motifs is 1. The molecule has 1 aromatic heterocycles. The number of benzene rings is 2. The van der Waals surface area contributed by atoms with Crippen LogP contribution in [0.25, 0.3) is 10.6 Å². The Bertz CT molecular complexity index is 891. The Balaban J connectivity index is 1.59. The maximum atomic E-state index is 13.9. The Labute approximate surface area is 143 Å². The van der Waals surface area contributed by atoms with Gasteiger partial charge in [0.15, 0.2) is 0 Å². The van der Waals surface area contributed by atoms with E-state index in [2.05, 4.69) is 0 Å². The van der Waals surface area contributed by atoms with E-state index in [1.807, 2.05) is 30.3 Å². The van der Waals surface area contributed by atoms with Gasteiger partial charge < -0.3 is 4.90 Å². The van der Waals surface area contributed by atoms with Gasteiger partial charge in [0.25, 0.3) is 5.91 Å². The van der Waals surface area contributed by atoms with Crippen LogP contribution in [-0.4, -0.2) is 22.3 Å². The zero-order valence-electron chi connectivity index (χ0n) is 12.9. The molecule has 3 aromatic rings. The van der Waals surface area contributed by atoms with Crippen LogP contribution in [-0.2, 0) is 13.0 Å². The summed E-state index contributed by atoms with van der Waals surface area (Å²) in [4.78, 5) is 20.1. The number of aromatic nitrogens is 1. The highest BCUT2D eigenvalue weighted by Crippen LogP contribution is 2.32. The topological polar surface area (TPSA) is 33.2 Å². The van der Waals surface area contributed by atoms with Crippen molar-refractivity contribution in [3.63, 3.8) is 0 Å². The summed E-state index contributed by atoms with van der Waals surface area (Å²) < 4.78 is 13.9. The number of amides is 1. The summed E-state index contributed by atoms with van der Waals surface area (Å²) in [5.41, 5.74) is 2.27. The largest absolute Gasteiger partial charge is 0.333 e. The molecule has 120 valence electrons. The second-order valence-electron chi connectivity index (χ2n) is 5.71. The lowest BCUT2D eigenvalue weighted by molar-refractivity contribution is 0.0731. The summed E-state index contributed by atoms with van der Waals surface area (Å²) >= 11 is 1.61. The minimum absolute atomic E-state index is 0.133. The maximum absolute atomic E-state index is 13.9. The van der Waals surface area contributed by atoms with E-state index in [0.717, 1.165) is 21.1 Å². The molecule has 0 radical (unpaired) electrons. The average molecular weight is 338 g/mol. The predicted molar refractivity (Wildman–Crippen MR) is 92.4 cm³/mol. The van der Waals surface area contributed by atoms with Gasteiger partial charge in [-0.05, 0) is 12.1 Å². The summed E-state index contributed by atoms with van der Waals surface area (Å²) in [5.74, 6) is -0.726. The van der Waals surface area contributed by atoms with Crippen LogP contribution in [0.2, 0.25) is 0 Å². The molecule has 0 N–H and O–H groups in total. The van der Waals surface area contributed by atoms with Crippen molar-refractivity contribution in [2.45, 2.75) is 13.0 Å². The molecule has 24 heavy (non-hydrogen) atoms. The number of thiazole rings is 1. The van der Waals surface area contributed by atoms with Gasteiger partial charge in [-0.25, -0.2) is 9.37 Å². The van der Waals surface area contributed by atoms with E-state index in [1.165, 1.54) is 12.1 Å². The Hall–Kier alpha value is -2.53. The van der Waals surface area contributed by atoms with Crippen LogP contribution in [0.3, 0.4) is 0 Å². The molecule has 0 atom stereocenters. The van der Waals surface area contributed by atoms with Gasteiger partial charge in [0.1, 0.15) is 10.8 Å². The fraction of sp³-hybridized carbons (Fsp3) is 0.158. The van der Waals surface area contributed by atoms with Crippen LogP contribution in [0.5, 0.6) is 0 Å². The first-order valence-electron chi connectivity index (χ1n) is 7.80. The smallest absolute Gasteiger partial charge is 0.257 e. The van der Waals surface area contributed by atoms with Gasteiger partial charge in [-0.1, -0.05) is 42.5 Å². The van der Waals surface area contributed by atoms with Gasteiger partial charge in [-0.15, -0.1) is 11.3 Å². The van der Waals surface area contributed by atoms with E-state index in [4.69, 9.17) is 4.98 Å². The van der Waals surface area contributed by atoms with Crippen molar-refractivity contribution in [1.82, 2.24) is 9.88 Å². The van der Waals surface area contributed by atoms with Crippen molar-refractivity contribution in [1.29, 1.82) is 0 Å². The first kappa shape index (κ1) is 15.0. The molecule has 1 aliphatic heterocycles. The van der Waals surface area contributed by atoms with E-state index >= 15 is 0 Å². The SMILES string of the molecule is O=C(c1ccccc1F)N1CCc2nc(-c3ccccc3)sc2C1. The second-order valence-corrected chi connectivity index (χ2v) is 6.80. The maximum Gasteiger partial charge on any atom is 0.257 e. The van der Waals surface area contributed by atoms with Crippen molar-refractivity contribution in [2.24, 2.45) is 0 Å². The number of hydrogen-bond acceptors (Lipinski definition) is 3. The van der Waals surface area contributed by atoms with E-state index in [-0.39, 0.29) is 11.5 Å². The lowest BCUT2D eigenvalue weighted by Gasteiger charge is -2.26. The van der Waals surface area contributed by atoms with Crippen LogP contribution in [0.1, 0.15) is 20.9 Å². The molecule has 0 fully saturated rings. The fourth-order valence-corrected chi connectivity index (χ4v) is 4.01. The summed E-state index contributed by atoms with van der Waals surface area (Å²) in [5, 5.41) is 0.973. The van der Waals surface area contributed by atoms with E-state index in [0.29, 0.717) is 19.5 Å². The normalized spacial score (nSPS) is 13.6. The van der Waals surface area contributed by atoms with Gasteiger partial charge in [-0.3, -0.25) is 4.79 Å². The molecule has 0 saturated heterocycles. The van der Waals surface area contributed by atoms with Crippen LogP contribution in [0.15, 0.2) is 54.6 Å². The van der Waals surface area contributed by atoms with Gasteiger partial charge in [0.2, 0.25) is 0 Å². The minimum atomic E-state index is -0.470. The van der Waals surface area contributed by atoms with Crippen LogP contribution >= 0.6 is 11.3 Å². The van der Waals surface area contributed by atoms with Gasteiger partial charge in [0.05, 0.1) is 17.8 Å². The molecular formula is C19H15FN2OS. The van der Waals surface area contributed by atoms with Crippen LogP contribution < -0.4 is 0 Å². The van der Waals surface area contributed by atoms with Gasteiger partial charge >= 0.3 is 0 Å². The lowest BCUT2D eigenvalue weighted by Crippen LogP contribution is -2.35. The summed E-state index contributed by atoms with van der Waals surface area (Å²) in [6, 6.07) is 16.2. The summed E-state index contributed by atoms with van der Waals surface area (Å²) in [6.07, 6.45) is 0.707. The number of hydrogen-bond donors (Lipinski definition) is 0. The Morgan fingerprint density at radius 3 is 2.62 bits per heavy atom. The van der Waals surface area contributed by atoms with Gasteiger partial charge in [-0.2, -0.15) is 0 Å².